The summed E-state index contributed by atoms with van der Waals surface area (Å²) in [5.74, 6) is 1.48. The summed E-state index contributed by atoms with van der Waals surface area (Å²) in [7, 11) is 2.01. The molecule has 7 heteroatoms. The number of morpholine rings is 1. The molecule has 1 aromatic carbocycles. The summed E-state index contributed by atoms with van der Waals surface area (Å²) in [5, 5.41) is 4.97. The van der Waals surface area contributed by atoms with Crippen LogP contribution in [0, 0.1) is 6.92 Å². The van der Waals surface area contributed by atoms with E-state index in [1.165, 1.54) is 0 Å². The van der Waals surface area contributed by atoms with E-state index in [0.29, 0.717) is 25.6 Å². The number of amides is 1. The summed E-state index contributed by atoms with van der Waals surface area (Å²) in [6.45, 7) is 5.27. The van der Waals surface area contributed by atoms with Crippen molar-refractivity contribution in [2.75, 3.05) is 38.2 Å². The van der Waals surface area contributed by atoms with Crippen molar-refractivity contribution in [1.29, 1.82) is 0 Å². The minimum absolute atomic E-state index is 0.0536. The van der Waals surface area contributed by atoms with Crippen LogP contribution in [0.1, 0.15) is 5.82 Å². The number of fused-ring (bicyclic) bond motifs is 1. The molecule has 3 heterocycles. The Balaban J connectivity index is 1.53. The molecule has 4 rings (SSSR count). The zero-order chi connectivity index (χ0) is 18.8. The Hall–Kier alpha value is -2.77. The minimum atomic E-state index is -0.0536. The van der Waals surface area contributed by atoms with Gasteiger partial charge in [0.05, 0.1) is 31.6 Å². The van der Waals surface area contributed by atoms with E-state index in [1.54, 1.807) is 6.20 Å². The fourth-order valence-electron chi connectivity index (χ4n) is 3.28. The first kappa shape index (κ1) is 17.6. The number of carbonyl (C=O) groups is 1. The Bertz CT molecular complexity index is 976. The van der Waals surface area contributed by atoms with Crippen molar-refractivity contribution in [3.8, 4) is 11.3 Å². The Morgan fingerprint density at radius 2 is 1.96 bits per heavy atom. The highest BCUT2D eigenvalue weighted by Gasteiger charge is 2.14. The van der Waals surface area contributed by atoms with Crippen molar-refractivity contribution in [3.05, 3.63) is 42.5 Å². The lowest BCUT2D eigenvalue weighted by atomic mass is 10.1. The molecular formula is C20H23N5O2. The molecule has 0 aliphatic carbocycles. The van der Waals surface area contributed by atoms with E-state index in [-0.39, 0.29) is 5.91 Å². The Kier molecular flexibility index (Phi) is 4.87. The van der Waals surface area contributed by atoms with Gasteiger partial charge in [0.2, 0.25) is 5.91 Å². The van der Waals surface area contributed by atoms with Crippen LogP contribution in [-0.2, 0) is 16.6 Å². The van der Waals surface area contributed by atoms with Gasteiger partial charge in [-0.05, 0) is 24.4 Å². The number of pyridine rings is 1. The van der Waals surface area contributed by atoms with E-state index in [9.17, 15) is 4.79 Å². The molecule has 0 radical (unpaired) electrons. The van der Waals surface area contributed by atoms with E-state index >= 15 is 0 Å². The van der Waals surface area contributed by atoms with Crippen LogP contribution in [-0.4, -0.2) is 58.2 Å². The molecule has 0 bridgehead atoms. The maximum absolute atomic E-state index is 12.3. The molecule has 0 saturated carbocycles. The largest absolute Gasteiger partial charge is 0.379 e. The molecule has 3 aromatic rings. The van der Waals surface area contributed by atoms with Gasteiger partial charge >= 0.3 is 0 Å². The SMILES string of the molecule is Cc1ncc(-c2ccc3cnc(NC(=O)CN4CCOCC4)cc3c2)n1C. The molecule has 7 nitrogen and oxygen atoms in total. The van der Waals surface area contributed by atoms with Crippen molar-refractivity contribution >= 4 is 22.5 Å². The van der Waals surface area contributed by atoms with E-state index < -0.39 is 0 Å². The first-order valence-electron chi connectivity index (χ1n) is 9.08. The lowest BCUT2D eigenvalue weighted by Crippen LogP contribution is -2.41. The molecule has 1 aliphatic heterocycles. The maximum atomic E-state index is 12.3. The average molecular weight is 365 g/mol. The predicted molar refractivity (Wildman–Crippen MR) is 105 cm³/mol. The van der Waals surface area contributed by atoms with Crippen molar-refractivity contribution < 1.29 is 9.53 Å². The van der Waals surface area contributed by atoms with Gasteiger partial charge in [-0.25, -0.2) is 9.97 Å². The molecule has 1 amide bonds. The summed E-state index contributed by atoms with van der Waals surface area (Å²) < 4.78 is 7.38. The number of hydrogen-bond acceptors (Lipinski definition) is 5. The lowest BCUT2D eigenvalue weighted by Gasteiger charge is -2.25. The summed E-state index contributed by atoms with van der Waals surface area (Å²) in [6, 6.07) is 8.13. The van der Waals surface area contributed by atoms with Crippen LogP contribution >= 0.6 is 0 Å². The van der Waals surface area contributed by atoms with Gasteiger partial charge in [-0.1, -0.05) is 12.1 Å². The normalized spacial score (nSPS) is 15.2. The van der Waals surface area contributed by atoms with Gasteiger partial charge in [0.15, 0.2) is 0 Å². The fourth-order valence-corrected chi connectivity index (χ4v) is 3.28. The van der Waals surface area contributed by atoms with Crippen LogP contribution in [0.25, 0.3) is 22.0 Å². The third-order valence-corrected chi connectivity index (χ3v) is 4.98. The monoisotopic (exact) mass is 365 g/mol. The van der Waals surface area contributed by atoms with Crippen LogP contribution in [0.2, 0.25) is 0 Å². The van der Waals surface area contributed by atoms with E-state index in [1.807, 2.05) is 32.3 Å². The highest BCUT2D eigenvalue weighted by Crippen LogP contribution is 2.25. The highest BCUT2D eigenvalue weighted by molar-refractivity contribution is 5.94. The first-order chi connectivity index (χ1) is 13.1. The number of ether oxygens (including phenoxy) is 1. The summed E-state index contributed by atoms with van der Waals surface area (Å²) >= 11 is 0. The highest BCUT2D eigenvalue weighted by atomic mass is 16.5. The van der Waals surface area contributed by atoms with Crippen LogP contribution in [0.15, 0.2) is 36.7 Å². The molecule has 1 fully saturated rings. The number of imidazole rings is 1. The number of nitrogens with one attached hydrogen (secondary N) is 1. The molecule has 140 valence electrons. The number of aryl methyl sites for hydroxylation is 1. The Morgan fingerprint density at radius 1 is 1.15 bits per heavy atom. The summed E-state index contributed by atoms with van der Waals surface area (Å²) in [4.78, 5) is 23.1. The van der Waals surface area contributed by atoms with Crippen LogP contribution in [0.5, 0.6) is 0 Å². The van der Waals surface area contributed by atoms with Gasteiger partial charge in [-0.3, -0.25) is 9.69 Å². The van der Waals surface area contributed by atoms with Crippen molar-refractivity contribution in [1.82, 2.24) is 19.4 Å². The van der Waals surface area contributed by atoms with Crippen molar-refractivity contribution in [2.45, 2.75) is 6.92 Å². The number of anilines is 1. The second-order valence-corrected chi connectivity index (χ2v) is 6.82. The minimum Gasteiger partial charge on any atom is -0.379 e. The second kappa shape index (κ2) is 7.46. The number of benzene rings is 1. The predicted octanol–water partition coefficient (Wildman–Crippen LogP) is 2.21. The zero-order valence-electron chi connectivity index (χ0n) is 15.6. The Morgan fingerprint density at radius 3 is 2.70 bits per heavy atom. The van der Waals surface area contributed by atoms with E-state index in [0.717, 1.165) is 40.9 Å². The fraction of sp³-hybridized carbons (Fsp3) is 0.350. The summed E-state index contributed by atoms with van der Waals surface area (Å²) in [6.07, 6.45) is 3.67. The quantitative estimate of drug-likeness (QED) is 0.767. The number of nitrogens with zero attached hydrogens (tertiary/aromatic N) is 4. The molecule has 1 N–H and O–H groups in total. The molecule has 1 saturated heterocycles. The van der Waals surface area contributed by atoms with Gasteiger partial charge in [0.1, 0.15) is 11.6 Å². The van der Waals surface area contributed by atoms with Gasteiger partial charge in [-0.2, -0.15) is 0 Å². The molecule has 2 aromatic heterocycles. The van der Waals surface area contributed by atoms with Crippen LogP contribution in [0.3, 0.4) is 0 Å². The van der Waals surface area contributed by atoms with Crippen LogP contribution < -0.4 is 5.32 Å². The Labute approximate surface area is 158 Å². The van der Waals surface area contributed by atoms with Gasteiger partial charge in [0.25, 0.3) is 0 Å². The van der Waals surface area contributed by atoms with E-state index in [4.69, 9.17) is 4.74 Å². The number of carbonyl (C=O) groups excluding carboxylic acids is 1. The van der Waals surface area contributed by atoms with Crippen molar-refractivity contribution in [3.63, 3.8) is 0 Å². The van der Waals surface area contributed by atoms with E-state index in [2.05, 4.69) is 36.9 Å². The average Bonchev–Trinajstić information content (AvgIpc) is 3.01. The standard InChI is InChI=1S/C20H23N5O2/c1-14-21-12-18(24(14)2)15-3-4-16-11-22-19(10-17(16)9-15)23-20(26)13-25-5-7-27-8-6-25/h3-4,9-12H,5-8,13H2,1-2H3,(H,22,23,26). The third-order valence-electron chi connectivity index (χ3n) is 4.98. The topological polar surface area (TPSA) is 72.3 Å². The molecule has 0 spiro atoms. The maximum Gasteiger partial charge on any atom is 0.239 e. The van der Waals surface area contributed by atoms with Gasteiger partial charge < -0.3 is 14.6 Å². The number of hydrogen-bond donors (Lipinski definition) is 1. The first-order valence-corrected chi connectivity index (χ1v) is 9.08. The van der Waals surface area contributed by atoms with Gasteiger partial charge in [-0.15, -0.1) is 0 Å². The number of aromatic nitrogens is 3. The molecule has 1 aliphatic rings. The zero-order valence-corrected chi connectivity index (χ0v) is 15.6. The summed E-state index contributed by atoms with van der Waals surface area (Å²) in [5.41, 5.74) is 2.14. The third kappa shape index (κ3) is 3.84. The second-order valence-electron chi connectivity index (χ2n) is 6.82. The molecule has 0 unspecified atom stereocenters. The molecule has 0 atom stereocenters. The smallest absolute Gasteiger partial charge is 0.239 e. The number of rotatable bonds is 4. The molecule has 27 heavy (non-hydrogen) atoms. The molecular weight excluding hydrogens is 342 g/mol. The van der Waals surface area contributed by atoms with Crippen LogP contribution in [0.4, 0.5) is 5.82 Å². The lowest BCUT2D eigenvalue weighted by molar-refractivity contribution is -0.118. The van der Waals surface area contributed by atoms with Crippen molar-refractivity contribution in [2.24, 2.45) is 7.05 Å². The van der Waals surface area contributed by atoms with Gasteiger partial charge in [0, 0.05) is 37.3 Å².